The average molecular weight is 218 g/mol. The molecule has 0 radical (unpaired) electrons. The number of hydrogen-bond donors (Lipinski definition) is 0. The van der Waals surface area contributed by atoms with Crippen LogP contribution in [0.2, 0.25) is 0 Å². The van der Waals surface area contributed by atoms with Crippen LogP contribution in [0.15, 0.2) is 24.3 Å². The van der Waals surface area contributed by atoms with Crippen LogP contribution in [0.3, 0.4) is 0 Å². The van der Waals surface area contributed by atoms with Gasteiger partial charge in [-0.05, 0) is 30.4 Å². The Morgan fingerprint density at radius 1 is 1.00 bits per heavy atom. The normalized spacial score (nSPS) is 17.6. The summed E-state index contributed by atoms with van der Waals surface area (Å²) in [6.07, 6.45) is 8.23. The van der Waals surface area contributed by atoms with Gasteiger partial charge < -0.3 is 4.74 Å². The van der Waals surface area contributed by atoms with Crippen molar-refractivity contribution in [2.24, 2.45) is 0 Å². The van der Waals surface area contributed by atoms with Crippen molar-refractivity contribution in [1.82, 2.24) is 0 Å². The van der Waals surface area contributed by atoms with E-state index < -0.39 is 0 Å². The van der Waals surface area contributed by atoms with Gasteiger partial charge in [0.05, 0.1) is 12.7 Å². The third kappa shape index (κ3) is 3.34. The summed E-state index contributed by atoms with van der Waals surface area (Å²) >= 11 is 0. The van der Waals surface area contributed by atoms with E-state index in [0.717, 1.165) is 13.0 Å². The fourth-order valence-corrected chi connectivity index (χ4v) is 2.32. The fraction of sp³-hybridized carbons (Fsp3) is 0.600. The maximum Gasteiger partial charge on any atom is 0.0720 e. The Kier molecular flexibility index (Phi) is 4.41. The van der Waals surface area contributed by atoms with Gasteiger partial charge in [0.15, 0.2) is 0 Å². The zero-order valence-electron chi connectivity index (χ0n) is 10.2. The lowest BCUT2D eigenvalue weighted by Gasteiger charge is -2.22. The molecule has 1 saturated carbocycles. The first-order valence-corrected chi connectivity index (χ1v) is 6.58. The van der Waals surface area contributed by atoms with Crippen LogP contribution >= 0.6 is 0 Å². The summed E-state index contributed by atoms with van der Waals surface area (Å²) in [7, 11) is 0. The second kappa shape index (κ2) is 6.05. The molecule has 0 aliphatic heterocycles. The molecule has 0 amide bonds. The molecule has 0 bridgehead atoms. The topological polar surface area (TPSA) is 9.23 Å². The molecule has 1 nitrogen and oxygen atoms in total. The van der Waals surface area contributed by atoms with Crippen LogP contribution in [-0.2, 0) is 17.8 Å². The number of benzene rings is 1. The summed E-state index contributed by atoms with van der Waals surface area (Å²) < 4.78 is 5.94. The highest BCUT2D eigenvalue weighted by Crippen LogP contribution is 2.21. The molecule has 0 heterocycles. The van der Waals surface area contributed by atoms with Gasteiger partial charge in [-0.3, -0.25) is 0 Å². The zero-order chi connectivity index (χ0) is 11.2. The number of rotatable bonds is 4. The largest absolute Gasteiger partial charge is 0.374 e. The monoisotopic (exact) mass is 218 g/mol. The second-order valence-electron chi connectivity index (χ2n) is 4.74. The van der Waals surface area contributed by atoms with Gasteiger partial charge in [0.25, 0.3) is 0 Å². The van der Waals surface area contributed by atoms with Crippen LogP contribution in [0.4, 0.5) is 0 Å². The molecule has 1 fully saturated rings. The van der Waals surface area contributed by atoms with E-state index in [1.165, 1.54) is 43.2 Å². The van der Waals surface area contributed by atoms with E-state index in [4.69, 9.17) is 4.74 Å². The van der Waals surface area contributed by atoms with Crippen LogP contribution in [0, 0.1) is 0 Å². The maximum atomic E-state index is 5.94. The fourth-order valence-electron chi connectivity index (χ4n) is 2.32. The van der Waals surface area contributed by atoms with Gasteiger partial charge in [0.2, 0.25) is 0 Å². The van der Waals surface area contributed by atoms with Crippen LogP contribution < -0.4 is 0 Å². The zero-order valence-corrected chi connectivity index (χ0v) is 10.2. The molecule has 0 atom stereocenters. The van der Waals surface area contributed by atoms with E-state index in [1.54, 1.807) is 0 Å². The molecule has 88 valence electrons. The Bertz CT molecular complexity index is 296. The molecular formula is C15H22O. The smallest absolute Gasteiger partial charge is 0.0720 e. The summed E-state index contributed by atoms with van der Waals surface area (Å²) in [6, 6.07) is 8.81. The van der Waals surface area contributed by atoms with E-state index in [2.05, 4.69) is 31.2 Å². The Hall–Kier alpha value is -0.820. The summed E-state index contributed by atoms with van der Waals surface area (Å²) in [4.78, 5) is 0. The van der Waals surface area contributed by atoms with Crippen LogP contribution in [0.25, 0.3) is 0 Å². The summed E-state index contributed by atoms with van der Waals surface area (Å²) in [5, 5.41) is 0. The third-order valence-corrected chi connectivity index (χ3v) is 3.47. The molecule has 0 aromatic heterocycles. The van der Waals surface area contributed by atoms with E-state index in [0.29, 0.717) is 6.10 Å². The van der Waals surface area contributed by atoms with E-state index in [1.807, 2.05) is 0 Å². The van der Waals surface area contributed by atoms with Gasteiger partial charge in [0, 0.05) is 0 Å². The molecule has 1 aromatic rings. The number of hydrogen-bond acceptors (Lipinski definition) is 1. The van der Waals surface area contributed by atoms with Gasteiger partial charge in [-0.15, -0.1) is 0 Å². The van der Waals surface area contributed by atoms with Gasteiger partial charge >= 0.3 is 0 Å². The lowest BCUT2D eigenvalue weighted by atomic mass is 9.98. The first kappa shape index (κ1) is 11.7. The van der Waals surface area contributed by atoms with Crippen molar-refractivity contribution in [3.63, 3.8) is 0 Å². The van der Waals surface area contributed by atoms with Crippen molar-refractivity contribution in [3.05, 3.63) is 35.4 Å². The van der Waals surface area contributed by atoms with E-state index >= 15 is 0 Å². The Labute approximate surface area is 98.8 Å². The standard InChI is InChI=1S/C15H22O/c1-2-13-8-10-14(11-9-13)12-16-15-6-4-3-5-7-15/h8-11,15H,2-7,12H2,1H3. The lowest BCUT2D eigenvalue weighted by Crippen LogP contribution is -2.16. The number of aryl methyl sites for hydroxylation is 1. The molecule has 1 heteroatoms. The molecule has 2 rings (SSSR count). The van der Waals surface area contributed by atoms with Crippen molar-refractivity contribution in [2.45, 2.75) is 58.2 Å². The Morgan fingerprint density at radius 3 is 2.25 bits per heavy atom. The van der Waals surface area contributed by atoms with Crippen LogP contribution in [0.5, 0.6) is 0 Å². The average Bonchev–Trinajstić information content (AvgIpc) is 2.38. The SMILES string of the molecule is CCc1ccc(COC2CCCCC2)cc1. The van der Waals surface area contributed by atoms with Crippen molar-refractivity contribution in [3.8, 4) is 0 Å². The molecule has 0 spiro atoms. The molecule has 1 aliphatic rings. The lowest BCUT2D eigenvalue weighted by molar-refractivity contribution is 0.0169. The van der Waals surface area contributed by atoms with Crippen molar-refractivity contribution >= 4 is 0 Å². The second-order valence-corrected chi connectivity index (χ2v) is 4.74. The van der Waals surface area contributed by atoms with Gasteiger partial charge in [-0.25, -0.2) is 0 Å². The van der Waals surface area contributed by atoms with Crippen molar-refractivity contribution in [2.75, 3.05) is 0 Å². The highest BCUT2D eigenvalue weighted by molar-refractivity contribution is 5.21. The Balaban J connectivity index is 1.79. The molecule has 1 aliphatic carbocycles. The summed E-state index contributed by atoms with van der Waals surface area (Å²) in [5.41, 5.74) is 2.71. The summed E-state index contributed by atoms with van der Waals surface area (Å²) in [5.74, 6) is 0. The predicted octanol–water partition coefficient (Wildman–Crippen LogP) is 4.10. The minimum atomic E-state index is 0.514. The maximum absolute atomic E-state index is 5.94. The molecule has 0 saturated heterocycles. The predicted molar refractivity (Wildman–Crippen MR) is 67.5 cm³/mol. The Morgan fingerprint density at radius 2 is 1.62 bits per heavy atom. The van der Waals surface area contributed by atoms with E-state index in [-0.39, 0.29) is 0 Å². The highest BCUT2D eigenvalue weighted by atomic mass is 16.5. The first-order valence-electron chi connectivity index (χ1n) is 6.58. The van der Waals surface area contributed by atoms with Crippen molar-refractivity contribution in [1.29, 1.82) is 0 Å². The molecule has 0 N–H and O–H groups in total. The molecular weight excluding hydrogens is 196 g/mol. The molecule has 0 unspecified atom stereocenters. The van der Waals surface area contributed by atoms with E-state index in [9.17, 15) is 0 Å². The molecule has 16 heavy (non-hydrogen) atoms. The van der Waals surface area contributed by atoms with Crippen LogP contribution in [0.1, 0.15) is 50.2 Å². The minimum Gasteiger partial charge on any atom is -0.374 e. The first-order chi connectivity index (χ1) is 7.88. The van der Waals surface area contributed by atoms with Gasteiger partial charge in [-0.2, -0.15) is 0 Å². The van der Waals surface area contributed by atoms with Gasteiger partial charge in [0.1, 0.15) is 0 Å². The number of ether oxygens (including phenoxy) is 1. The summed E-state index contributed by atoms with van der Waals surface area (Å²) in [6.45, 7) is 2.97. The minimum absolute atomic E-state index is 0.514. The highest BCUT2D eigenvalue weighted by Gasteiger charge is 2.13. The molecule has 1 aromatic carbocycles. The van der Waals surface area contributed by atoms with Crippen LogP contribution in [-0.4, -0.2) is 6.10 Å². The van der Waals surface area contributed by atoms with Gasteiger partial charge in [-0.1, -0.05) is 50.5 Å². The third-order valence-electron chi connectivity index (χ3n) is 3.47. The van der Waals surface area contributed by atoms with Crippen molar-refractivity contribution < 1.29 is 4.74 Å². The quantitative estimate of drug-likeness (QED) is 0.739.